The van der Waals surface area contributed by atoms with Crippen molar-refractivity contribution in [1.82, 2.24) is 9.80 Å². The molecule has 0 radical (unpaired) electrons. The van der Waals surface area contributed by atoms with Gasteiger partial charge in [-0.1, -0.05) is 0 Å². The summed E-state index contributed by atoms with van der Waals surface area (Å²) in [5.74, 6) is -1.28. The molecule has 0 aromatic heterocycles. The summed E-state index contributed by atoms with van der Waals surface area (Å²) in [7, 11) is 0. The van der Waals surface area contributed by atoms with Crippen molar-refractivity contribution in [2.75, 3.05) is 26.2 Å². The summed E-state index contributed by atoms with van der Waals surface area (Å²) in [6.07, 6.45) is -4.46. The van der Waals surface area contributed by atoms with Crippen molar-refractivity contribution in [3.63, 3.8) is 0 Å². The summed E-state index contributed by atoms with van der Waals surface area (Å²) in [4.78, 5) is 27.9. The van der Waals surface area contributed by atoms with Gasteiger partial charge < -0.3 is 20.0 Å². The maximum absolute atomic E-state index is 12.6. The van der Waals surface area contributed by atoms with Gasteiger partial charge in [0.2, 0.25) is 0 Å². The molecule has 0 saturated carbocycles. The molecule has 2 amide bonds. The second-order valence-corrected chi connectivity index (χ2v) is 6.40. The Balaban J connectivity index is 1.63. The molecule has 1 aliphatic heterocycles. The van der Waals surface area contributed by atoms with E-state index in [4.69, 9.17) is 0 Å². The number of piperazine rings is 1. The quantitative estimate of drug-likeness (QED) is 0.821. The van der Waals surface area contributed by atoms with Crippen molar-refractivity contribution in [2.24, 2.45) is 0 Å². The highest BCUT2D eigenvalue weighted by Crippen LogP contribution is 2.29. The highest BCUT2D eigenvalue weighted by atomic mass is 19.4. The van der Waals surface area contributed by atoms with Gasteiger partial charge in [0.05, 0.1) is 5.56 Å². The number of carbonyl (C=O) groups excluding carboxylic acids is 2. The molecule has 2 N–H and O–H groups in total. The maximum Gasteiger partial charge on any atom is 0.416 e. The summed E-state index contributed by atoms with van der Waals surface area (Å²) in [6, 6.07) is 7.58. The average molecular weight is 394 g/mol. The van der Waals surface area contributed by atoms with E-state index in [0.717, 1.165) is 30.3 Å². The van der Waals surface area contributed by atoms with E-state index >= 15 is 0 Å². The van der Waals surface area contributed by atoms with Gasteiger partial charge in [-0.2, -0.15) is 13.2 Å². The number of hydrogen-bond acceptors (Lipinski definition) is 4. The van der Waals surface area contributed by atoms with Crippen LogP contribution in [0.4, 0.5) is 13.2 Å². The van der Waals surface area contributed by atoms with Crippen LogP contribution in [0.25, 0.3) is 0 Å². The zero-order chi connectivity index (χ0) is 20.5. The van der Waals surface area contributed by atoms with Crippen LogP contribution < -0.4 is 0 Å². The fourth-order valence-corrected chi connectivity index (χ4v) is 3.00. The molecule has 0 spiro atoms. The predicted octanol–water partition coefficient (Wildman–Crippen LogP) is 2.71. The molecule has 2 aromatic rings. The topological polar surface area (TPSA) is 81.1 Å². The van der Waals surface area contributed by atoms with E-state index in [9.17, 15) is 33.0 Å². The smallest absolute Gasteiger partial charge is 0.416 e. The number of phenols is 2. The minimum Gasteiger partial charge on any atom is -0.508 e. The Morgan fingerprint density at radius 3 is 1.61 bits per heavy atom. The monoisotopic (exact) mass is 394 g/mol. The van der Waals surface area contributed by atoms with Crippen molar-refractivity contribution in [2.45, 2.75) is 6.18 Å². The van der Waals surface area contributed by atoms with E-state index in [1.54, 1.807) is 0 Å². The number of carbonyl (C=O) groups is 2. The number of benzene rings is 2. The van der Waals surface area contributed by atoms with Crippen molar-refractivity contribution < 1.29 is 33.0 Å². The maximum atomic E-state index is 12.6. The zero-order valence-electron chi connectivity index (χ0n) is 14.6. The number of nitrogens with zero attached hydrogens (tertiary/aromatic N) is 2. The Morgan fingerprint density at radius 1 is 0.750 bits per heavy atom. The SMILES string of the molecule is O=C(c1ccc(C(F)(F)F)cc1)N1CCN(C(=O)c2cc(O)cc(O)c2)CC1. The molecule has 1 saturated heterocycles. The van der Waals surface area contributed by atoms with Crippen LogP contribution in [0.5, 0.6) is 11.5 Å². The second kappa shape index (κ2) is 7.41. The number of phenolic OH excluding ortho intramolecular Hbond substituents is 2. The molecule has 0 aliphatic carbocycles. The number of rotatable bonds is 2. The molecule has 1 aliphatic rings. The average Bonchev–Trinajstić information content (AvgIpc) is 2.65. The van der Waals surface area contributed by atoms with Gasteiger partial charge in [-0.25, -0.2) is 0 Å². The lowest BCUT2D eigenvalue weighted by Gasteiger charge is -2.35. The number of alkyl halides is 3. The third-order valence-electron chi connectivity index (χ3n) is 4.46. The van der Waals surface area contributed by atoms with Crippen molar-refractivity contribution >= 4 is 11.8 Å². The predicted molar refractivity (Wildman–Crippen MR) is 93.0 cm³/mol. The van der Waals surface area contributed by atoms with Crippen LogP contribution in [-0.2, 0) is 6.18 Å². The summed E-state index contributed by atoms with van der Waals surface area (Å²) < 4.78 is 37.9. The Hall–Kier alpha value is -3.23. The Kier molecular flexibility index (Phi) is 5.17. The van der Waals surface area contributed by atoms with Crippen LogP contribution in [0.15, 0.2) is 42.5 Å². The summed E-state index contributed by atoms with van der Waals surface area (Å²) in [5.41, 5.74) is -0.556. The first-order valence-corrected chi connectivity index (χ1v) is 8.44. The van der Waals surface area contributed by atoms with E-state index in [0.29, 0.717) is 0 Å². The summed E-state index contributed by atoms with van der Waals surface area (Å²) in [6.45, 7) is 0.885. The lowest BCUT2D eigenvalue weighted by molar-refractivity contribution is -0.137. The summed E-state index contributed by atoms with van der Waals surface area (Å²) in [5, 5.41) is 19.0. The first kappa shape index (κ1) is 19.5. The molecule has 2 aromatic carbocycles. The lowest BCUT2D eigenvalue weighted by atomic mass is 10.1. The molecule has 3 rings (SSSR count). The van der Waals surface area contributed by atoms with Crippen LogP contribution in [-0.4, -0.2) is 58.0 Å². The third-order valence-corrected chi connectivity index (χ3v) is 4.46. The molecule has 6 nitrogen and oxygen atoms in total. The Bertz CT molecular complexity index is 869. The first-order valence-electron chi connectivity index (χ1n) is 8.44. The third kappa shape index (κ3) is 4.19. The minimum atomic E-state index is -4.46. The molecular formula is C19H17F3N2O4. The molecule has 1 heterocycles. The number of hydrogen-bond donors (Lipinski definition) is 2. The van der Waals surface area contributed by atoms with Gasteiger partial charge in [-0.15, -0.1) is 0 Å². The van der Waals surface area contributed by atoms with E-state index in [2.05, 4.69) is 0 Å². The normalized spacial score (nSPS) is 14.8. The largest absolute Gasteiger partial charge is 0.508 e. The van der Waals surface area contributed by atoms with Crippen molar-refractivity contribution in [1.29, 1.82) is 0 Å². The zero-order valence-corrected chi connectivity index (χ0v) is 14.6. The van der Waals surface area contributed by atoms with Gasteiger partial charge >= 0.3 is 6.18 Å². The van der Waals surface area contributed by atoms with Crippen molar-refractivity contribution in [3.8, 4) is 11.5 Å². The van der Waals surface area contributed by atoms with Crippen LogP contribution in [0.2, 0.25) is 0 Å². The molecular weight excluding hydrogens is 377 g/mol. The standard InChI is InChI=1S/C19H17F3N2O4/c20-19(21,22)14-3-1-12(2-4-14)17(27)23-5-7-24(8-6-23)18(28)13-9-15(25)11-16(26)10-13/h1-4,9-11,25-26H,5-8H2. The molecule has 0 unspecified atom stereocenters. The van der Waals surface area contributed by atoms with Gasteiger partial charge in [-0.05, 0) is 36.4 Å². The fraction of sp³-hybridized carbons (Fsp3) is 0.263. The lowest BCUT2D eigenvalue weighted by Crippen LogP contribution is -2.50. The Labute approximate surface area is 158 Å². The molecule has 0 bridgehead atoms. The molecule has 148 valence electrons. The van der Waals surface area contributed by atoms with Crippen LogP contribution in [0, 0.1) is 0 Å². The van der Waals surface area contributed by atoms with Crippen molar-refractivity contribution in [3.05, 3.63) is 59.2 Å². The Morgan fingerprint density at radius 2 is 1.18 bits per heavy atom. The number of amides is 2. The van der Waals surface area contributed by atoms with Gasteiger partial charge in [0, 0.05) is 43.4 Å². The highest BCUT2D eigenvalue weighted by molar-refractivity contribution is 5.96. The highest BCUT2D eigenvalue weighted by Gasteiger charge is 2.31. The fourth-order valence-electron chi connectivity index (χ4n) is 3.00. The van der Waals surface area contributed by atoms with E-state index < -0.39 is 23.6 Å². The molecule has 0 atom stereocenters. The van der Waals surface area contributed by atoms with Crippen LogP contribution in [0.3, 0.4) is 0 Å². The van der Waals surface area contributed by atoms with Gasteiger partial charge in [0.1, 0.15) is 11.5 Å². The van der Waals surface area contributed by atoms with E-state index in [-0.39, 0.29) is 48.8 Å². The van der Waals surface area contributed by atoms with E-state index in [1.807, 2.05) is 0 Å². The summed E-state index contributed by atoms with van der Waals surface area (Å²) >= 11 is 0. The second-order valence-electron chi connectivity index (χ2n) is 6.40. The van der Waals surface area contributed by atoms with Gasteiger partial charge in [0.25, 0.3) is 11.8 Å². The van der Waals surface area contributed by atoms with Crippen LogP contribution >= 0.6 is 0 Å². The molecule has 1 fully saturated rings. The van der Waals surface area contributed by atoms with Gasteiger partial charge in [0.15, 0.2) is 0 Å². The van der Waals surface area contributed by atoms with E-state index in [1.165, 1.54) is 21.9 Å². The van der Waals surface area contributed by atoms with Gasteiger partial charge in [-0.3, -0.25) is 9.59 Å². The minimum absolute atomic E-state index is 0.125. The number of halogens is 3. The van der Waals surface area contributed by atoms with Crippen LogP contribution in [0.1, 0.15) is 26.3 Å². The molecule has 9 heteroatoms. The number of aromatic hydroxyl groups is 2. The molecule has 28 heavy (non-hydrogen) atoms. The first-order chi connectivity index (χ1) is 13.1.